The number of morpholine rings is 1. The van der Waals surface area contributed by atoms with Crippen LogP contribution in [0.4, 0.5) is 0 Å². The van der Waals surface area contributed by atoms with Crippen LogP contribution < -0.4 is 0 Å². The van der Waals surface area contributed by atoms with Crippen LogP contribution in [0.15, 0.2) is 54.6 Å². The molecule has 0 radical (unpaired) electrons. The van der Waals surface area contributed by atoms with E-state index in [1.54, 1.807) is 4.90 Å². The molecule has 2 fully saturated rings. The van der Waals surface area contributed by atoms with Crippen molar-refractivity contribution in [3.05, 3.63) is 70.7 Å². The lowest BCUT2D eigenvalue weighted by atomic mass is 9.88. The highest BCUT2D eigenvalue weighted by atomic mass is 35.5. The first-order chi connectivity index (χ1) is 14.9. The Morgan fingerprint density at radius 3 is 2.45 bits per heavy atom. The minimum Gasteiger partial charge on any atom is -0.359 e. The summed E-state index contributed by atoms with van der Waals surface area (Å²) in [5.74, 6) is 0.0679. The first-order valence-corrected chi connectivity index (χ1v) is 11.4. The van der Waals surface area contributed by atoms with E-state index < -0.39 is 6.10 Å². The fourth-order valence-electron chi connectivity index (χ4n) is 4.77. The summed E-state index contributed by atoms with van der Waals surface area (Å²) in [6.45, 7) is 4.99. The monoisotopic (exact) mass is 441 g/mol. The van der Waals surface area contributed by atoms with Crippen molar-refractivity contribution in [1.82, 2.24) is 14.7 Å². The van der Waals surface area contributed by atoms with E-state index in [0.717, 1.165) is 49.6 Å². The van der Waals surface area contributed by atoms with E-state index in [2.05, 4.69) is 41.1 Å². The van der Waals surface area contributed by atoms with Crippen molar-refractivity contribution in [3.8, 4) is 0 Å². The molecule has 31 heavy (non-hydrogen) atoms. The van der Waals surface area contributed by atoms with Gasteiger partial charge in [0, 0.05) is 51.3 Å². The Hall–Kier alpha value is -1.92. The number of hydrogen-bond donors (Lipinski definition) is 0. The number of amides is 1. The Kier molecular flexibility index (Phi) is 6.97. The molecule has 0 unspecified atom stereocenters. The van der Waals surface area contributed by atoms with E-state index in [4.69, 9.17) is 16.3 Å². The number of likely N-dealkylation sites (tertiary alicyclic amines) is 1. The number of hydrogen-bond acceptors (Lipinski definition) is 4. The van der Waals surface area contributed by atoms with Gasteiger partial charge >= 0.3 is 0 Å². The molecule has 2 aliphatic heterocycles. The van der Waals surface area contributed by atoms with E-state index in [-0.39, 0.29) is 11.5 Å². The Balaban J connectivity index is 1.35. The van der Waals surface area contributed by atoms with Crippen LogP contribution in [0.1, 0.15) is 24.0 Å². The molecule has 0 aliphatic carbocycles. The quantitative estimate of drug-likeness (QED) is 0.709. The summed E-state index contributed by atoms with van der Waals surface area (Å²) >= 11 is 6.01. The molecule has 4 rings (SSSR count). The average molecular weight is 442 g/mol. The van der Waals surface area contributed by atoms with Crippen molar-refractivity contribution in [1.29, 1.82) is 0 Å². The molecule has 0 saturated carbocycles. The van der Waals surface area contributed by atoms with E-state index in [1.165, 1.54) is 5.56 Å². The molecule has 0 bridgehead atoms. The van der Waals surface area contributed by atoms with Crippen molar-refractivity contribution >= 4 is 17.5 Å². The standard InChI is InChI=1S/C25H32ClN3O2/c1-27-18-23(24(30)28(2)16-20-6-4-3-5-7-20)31-25(19-27)12-14-29(15-13-25)17-21-8-10-22(26)11-9-21/h3-11,23H,12-19H2,1-2H3/t23-/m0/s1. The molecule has 166 valence electrons. The van der Waals surface area contributed by atoms with Gasteiger partial charge in [-0.1, -0.05) is 54.1 Å². The normalized spacial score (nSPS) is 21.8. The van der Waals surface area contributed by atoms with Crippen LogP contribution in [-0.2, 0) is 22.6 Å². The largest absolute Gasteiger partial charge is 0.359 e. The van der Waals surface area contributed by atoms with Crippen LogP contribution in [0, 0.1) is 0 Å². The summed E-state index contributed by atoms with van der Waals surface area (Å²) < 4.78 is 6.54. The second-order valence-corrected chi connectivity index (χ2v) is 9.51. The van der Waals surface area contributed by atoms with E-state index in [0.29, 0.717) is 13.1 Å². The zero-order chi connectivity index (χ0) is 21.8. The lowest BCUT2D eigenvalue weighted by Crippen LogP contribution is -2.61. The molecule has 2 aromatic carbocycles. The lowest BCUT2D eigenvalue weighted by Gasteiger charge is -2.49. The van der Waals surface area contributed by atoms with Gasteiger partial charge in [-0.2, -0.15) is 0 Å². The predicted molar refractivity (Wildman–Crippen MR) is 124 cm³/mol. The third kappa shape index (κ3) is 5.66. The third-order valence-corrected chi connectivity index (χ3v) is 6.68. The highest BCUT2D eigenvalue weighted by Crippen LogP contribution is 2.33. The van der Waals surface area contributed by atoms with E-state index in [9.17, 15) is 4.79 Å². The van der Waals surface area contributed by atoms with Gasteiger partial charge in [-0.3, -0.25) is 9.69 Å². The topological polar surface area (TPSA) is 36.0 Å². The van der Waals surface area contributed by atoms with Gasteiger partial charge < -0.3 is 14.5 Å². The zero-order valence-corrected chi connectivity index (χ0v) is 19.2. The molecule has 1 spiro atoms. The number of likely N-dealkylation sites (N-methyl/N-ethyl adjacent to an activating group) is 2. The molecule has 1 amide bonds. The van der Waals surface area contributed by atoms with Gasteiger partial charge in [0.05, 0.1) is 5.60 Å². The summed E-state index contributed by atoms with van der Waals surface area (Å²) in [7, 11) is 3.97. The molecule has 0 N–H and O–H groups in total. The number of rotatable bonds is 5. The number of ether oxygens (including phenoxy) is 1. The Morgan fingerprint density at radius 1 is 1.10 bits per heavy atom. The van der Waals surface area contributed by atoms with Crippen LogP contribution >= 0.6 is 11.6 Å². The van der Waals surface area contributed by atoms with Gasteiger partial charge in [-0.25, -0.2) is 0 Å². The number of halogens is 1. The smallest absolute Gasteiger partial charge is 0.253 e. The van der Waals surface area contributed by atoms with Crippen molar-refractivity contribution in [2.75, 3.05) is 40.3 Å². The highest BCUT2D eigenvalue weighted by Gasteiger charge is 2.44. The zero-order valence-electron chi connectivity index (χ0n) is 18.5. The second kappa shape index (κ2) is 9.70. The molecular formula is C25H32ClN3O2. The van der Waals surface area contributed by atoms with Gasteiger partial charge in [0.15, 0.2) is 0 Å². The molecule has 2 saturated heterocycles. The summed E-state index contributed by atoms with van der Waals surface area (Å²) in [6.07, 6.45) is 1.48. The molecule has 6 heteroatoms. The van der Waals surface area contributed by atoms with Crippen molar-refractivity contribution in [3.63, 3.8) is 0 Å². The SMILES string of the molecule is CN1C[C@@H](C(=O)N(C)Cc2ccccc2)OC2(CCN(Cc3ccc(Cl)cc3)CC2)C1. The van der Waals surface area contributed by atoms with Gasteiger partial charge in [0.25, 0.3) is 5.91 Å². The minimum absolute atomic E-state index is 0.0679. The first kappa shape index (κ1) is 22.3. The lowest BCUT2D eigenvalue weighted by molar-refractivity contribution is -0.188. The Bertz CT molecular complexity index is 866. The van der Waals surface area contributed by atoms with Crippen LogP contribution in [0.25, 0.3) is 0 Å². The fourth-order valence-corrected chi connectivity index (χ4v) is 4.89. The van der Waals surface area contributed by atoms with Gasteiger partial charge in [0.1, 0.15) is 6.10 Å². The molecule has 2 aromatic rings. The maximum atomic E-state index is 13.2. The fraction of sp³-hybridized carbons (Fsp3) is 0.480. The predicted octanol–water partition coefficient (Wildman–Crippen LogP) is 3.66. The maximum absolute atomic E-state index is 13.2. The molecule has 2 aliphatic rings. The van der Waals surface area contributed by atoms with Crippen molar-refractivity contribution < 1.29 is 9.53 Å². The number of benzene rings is 2. The Labute approximate surface area is 190 Å². The summed E-state index contributed by atoms with van der Waals surface area (Å²) in [4.78, 5) is 19.7. The number of piperidine rings is 1. The number of carbonyl (C=O) groups excluding carboxylic acids is 1. The van der Waals surface area contributed by atoms with Crippen LogP contribution in [0.2, 0.25) is 5.02 Å². The van der Waals surface area contributed by atoms with Crippen LogP contribution in [0.3, 0.4) is 0 Å². The molecular weight excluding hydrogens is 410 g/mol. The Morgan fingerprint density at radius 2 is 1.77 bits per heavy atom. The summed E-state index contributed by atoms with van der Waals surface area (Å²) in [5, 5.41) is 0.771. The van der Waals surface area contributed by atoms with E-state index in [1.807, 2.05) is 37.4 Å². The van der Waals surface area contributed by atoms with Crippen molar-refractivity contribution in [2.24, 2.45) is 0 Å². The summed E-state index contributed by atoms with van der Waals surface area (Å²) in [5.41, 5.74) is 2.17. The van der Waals surface area contributed by atoms with Gasteiger partial charge in [0.2, 0.25) is 0 Å². The number of nitrogens with zero attached hydrogens (tertiary/aromatic N) is 3. The molecule has 1 atom stereocenters. The summed E-state index contributed by atoms with van der Waals surface area (Å²) in [6, 6.07) is 18.2. The number of carbonyl (C=O) groups is 1. The first-order valence-electron chi connectivity index (χ1n) is 11.0. The minimum atomic E-state index is -0.407. The van der Waals surface area contributed by atoms with Gasteiger partial charge in [-0.05, 0) is 43.1 Å². The molecule has 2 heterocycles. The second-order valence-electron chi connectivity index (χ2n) is 9.07. The van der Waals surface area contributed by atoms with E-state index >= 15 is 0 Å². The molecule has 0 aromatic heterocycles. The highest BCUT2D eigenvalue weighted by molar-refractivity contribution is 6.30. The maximum Gasteiger partial charge on any atom is 0.253 e. The third-order valence-electron chi connectivity index (χ3n) is 6.43. The van der Waals surface area contributed by atoms with Gasteiger partial charge in [-0.15, -0.1) is 0 Å². The van der Waals surface area contributed by atoms with Crippen molar-refractivity contribution in [2.45, 2.75) is 37.6 Å². The van der Waals surface area contributed by atoms with Crippen LogP contribution in [0.5, 0.6) is 0 Å². The average Bonchev–Trinajstić information content (AvgIpc) is 2.77. The van der Waals surface area contributed by atoms with Crippen LogP contribution in [-0.4, -0.2) is 72.6 Å². The molecule has 5 nitrogen and oxygen atoms in total.